The molecular weight excluding hydrogens is 510 g/mol. The third-order valence-electron chi connectivity index (χ3n) is 6.84. The fourth-order valence-corrected chi connectivity index (χ4v) is 4.63. The van der Waals surface area contributed by atoms with Crippen LogP contribution in [-0.2, 0) is 16.1 Å². The Hall–Kier alpha value is -3.91. The van der Waals surface area contributed by atoms with Gasteiger partial charge in [0.25, 0.3) is 0 Å². The minimum Gasteiger partial charge on any atom is -0.492 e. The number of rotatable bonds is 5. The molecule has 5 rings (SSSR count). The van der Waals surface area contributed by atoms with E-state index >= 15 is 0 Å². The molecule has 0 unspecified atom stereocenters. The maximum atomic E-state index is 13.3. The quantitative estimate of drug-likeness (QED) is 0.498. The molecule has 10 heteroatoms. The van der Waals surface area contributed by atoms with Crippen LogP contribution in [-0.4, -0.2) is 73.6 Å². The standard InChI is InChI=1S/C30H35N5O5/c1-22-6-5-7-23(2)28(22)40-30(36)35-12-3-4-16-38-21-24-20-25(32-29-31-11-10-27(35)33-29)8-9-26(24)39-19-15-34-13-17-37-18-14-34/h6,8-11,20H,3-4,12-19,21H2,1-2H3,(H,31,32,33). The van der Waals surface area contributed by atoms with Crippen LogP contribution in [0.4, 0.5) is 22.2 Å². The molecule has 0 saturated carbocycles. The zero-order valence-corrected chi connectivity index (χ0v) is 23.1. The molecule has 1 aromatic heterocycles. The van der Waals surface area contributed by atoms with Crippen molar-refractivity contribution >= 4 is 23.5 Å². The van der Waals surface area contributed by atoms with Gasteiger partial charge in [0.15, 0.2) is 0 Å². The first kappa shape index (κ1) is 27.6. The molecule has 4 bridgehead atoms. The van der Waals surface area contributed by atoms with Crippen LogP contribution in [0.1, 0.15) is 29.5 Å². The number of aromatic nitrogens is 2. The Labute approximate surface area is 235 Å². The van der Waals surface area contributed by atoms with Gasteiger partial charge in [0.2, 0.25) is 5.95 Å². The third-order valence-corrected chi connectivity index (χ3v) is 6.84. The van der Waals surface area contributed by atoms with Crippen molar-refractivity contribution < 1.29 is 23.7 Å². The largest absolute Gasteiger partial charge is 0.492 e. The Bertz CT molecular complexity index is 1280. The molecule has 10 nitrogen and oxygen atoms in total. The molecule has 0 atom stereocenters. The van der Waals surface area contributed by atoms with E-state index in [1.807, 2.05) is 32.0 Å². The van der Waals surface area contributed by atoms with E-state index < -0.39 is 6.09 Å². The number of hydrogen-bond donors (Lipinski definition) is 1. The van der Waals surface area contributed by atoms with Gasteiger partial charge in [-0.05, 0) is 57.0 Å². The summed E-state index contributed by atoms with van der Waals surface area (Å²) in [5.74, 6) is 2.11. The van der Waals surface area contributed by atoms with Crippen LogP contribution in [0, 0.1) is 26.0 Å². The molecule has 1 amide bonds. The summed E-state index contributed by atoms with van der Waals surface area (Å²) in [5, 5.41) is 3.26. The topological polar surface area (TPSA) is 98.3 Å². The number of amides is 1. The molecule has 0 spiro atoms. The van der Waals surface area contributed by atoms with E-state index in [2.05, 4.69) is 32.3 Å². The number of carbonyl (C=O) groups is 1. The number of benzene rings is 1. The van der Waals surface area contributed by atoms with Crippen molar-refractivity contribution in [2.45, 2.75) is 33.3 Å². The summed E-state index contributed by atoms with van der Waals surface area (Å²) < 4.78 is 23.4. The van der Waals surface area contributed by atoms with Gasteiger partial charge < -0.3 is 24.3 Å². The van der Waals surface area contributed by atoms with Crippen LogP contribution < -0.4 is 19.7 Å². The van der Waals surface area contributed by atoms with Gasteiger partial charge in [0, 0.05) is 61.4 Å². The van der Waals surface area contributed by atoms with E-state index in [-0.39, 0.29) is 0 Å². The molecule has 1 fully saturated rings. The minimum absolute atomic E-state index is 0.371. The highest BCUT2D eigenvalue weighted by atomic mass is 16.6. The van der Waals surface area contributed by atoms with E-state index in [4.69, 9.17) is 18.9 Å². The third kappa shape index (κ3) is 7.18. The number of nitrogens with zero attached hydrogens (tertiary/aromatic N) is 4. The smallest absolute Gasteiger partial charge is 0.420 e. The molecule has 2 aromatic carbocycles. The van der Waals surface area contributed by atoms with Gasteiger partial charge in [-0.3, -0.25) is 9.80 Å². The van der Waals surface area contributed by atoms with Crippen LogP contribution in [0.25, 0.3) is 0 Å². The molecule has 1 N–H and O–H groups in total. The normalized spacial score (nSPS) is 16.3. The Kier molecular flexibility index (Phi) is 9.29. The van der Waals surface area contributed by atoms with E-state index in [0.717, 1.165) is 67.4 Å². The summed E-state index contributed by atoms with van der Waals surface area (Å²) in [6.07, 6.45) is 2.59. The number of fused-ring (bicyclic) bond motifs is 4. The van der Waals surface area contributed by atoms with Gasteiger partial charge in [-0.15, -0.1) is 0 Å². The van der Waals surface area contributed by atoms with Crippen LogP contribution in [0.2, 0.25) is 0 Å². The second-order valence-corrected chi connectivity index (χ2v) is 9.82. The number of hydrogen-bond acceptors (Lipinski definition) is 9. The summed E-state index contributed by atoms with van der Waals surface area (Å²) in [6, 6.07) is 15.2. The van der Waals surface area contributed by atoms with Crippen molar-refractivity contribution in [1.29, 1.82) is 0 Å². The summed E-state index contributed by atoms with van der Waals surface area (Å²) in [7, 11) is 0. The lowest BCUT2D eigenvalue weighted by molar-refractivity contribution is 0.0320. The van der Waals surface area contributed by atoms with Gasteiger partial charge in [0.1, 0.15) is 23.9 Å². The summed E-state index contributed by atoms with van der Waals surface area (Å²) in [5.41, 5.74) is 3.28. The lowest BCUT2D eigenvalue weighted by Gasteiger charge is -2.26. The van der Waals surface area contributed by atoms with Crippen LogP contribution in [0.15, 0.2) is 36.5 Å². The van der Waals surface area contributed by atoms with Crippen LogP contribution in [0.3, 0.4) is 0 Å². The maximum absolute atomic E-state index is 13.3. The summed E-state index contributed by atoms with van der Waals surface area (Å²) in [6.45, 7) is 9.93. The number of nitrogens with one attached hydrogen (secondary N) is 1. The van der Waals surface area contributed by atoms with Crippen LogP contribution in [0.5, 0.6) is 11.5 Å². The predicted octanol–water partition coefficient (Wildman–Crippen LogP) is 4.46. The molecule has 1 saturated heterocycles. The Balaban J connectivity index is 1.32. The van der Waals surface area contributed by atoms with Crippen molar-refractivity contribution in [3.8, 4) is 11.5 Å². The zero-order valence-electron chi connectivity index (χ0n) is 23.1. The second kappa shape index (κ2) is 13.4. The molecule has 40 heavy (non-hydrogen) atoms. The average Bonchev–Trinajstić information content (AvgIpc) is 2.96. The Morgan fingerprint density at radius 2 is 1.98 bits per heavy atom. The lowest BCUT2D eigenvalue weighted by Crippen LogP contribution is -2.38. The zero-order chi connectivity index (χ0) is 27.7. The number of morpholine rings is 1. The van der Waals surface area contributed by atoms with E-state index in [0.29, 0.717) is 50.3 Å². The molecule has 3 heterocycles. The number of aryl methyl sites for hydroxylation is 1. The molecule has 3 aromatic rings. The average molecular weight is 546 g/mol. The highest BCUT2D eigenvalue weighted by molar-refractivity contribution is 5.88. The maximum Gasteiger partial charge on any atom is 0.420 e. The first-order valence-electron chi connectivity index (χ1n) is 13.7. The van der Waals surface area contributed by atoms with Gasteiger partial charge in [-0.1, -0.05) is 12.1 Å². The fourth-order valence-electron chi connectivity index (χ4n) is 4.63. The highest BCUT2D eigenvalue weighted by Crippen LogP contribution is 2.27. The van der Waals surface area contributed by atoms with E-state index in [1.165, 1.54) is 4.90 Å². The predicted molar refractivity (Wildman–Crippen MR) is 150 cm³/mol. The number of ether oxygens (including phenoxy) is 4. The van der Waals surface area contributed by atoms with Crippen molar-refractivity contribution in [3.05, 3.63) is 65.4 Å². The van der Waals surface area contributed by atoms with E-state index in [9.17, 15) is 4.79 Å². The molecule has 2 aliphatic rings. The van der Waals surface area contributed by atoms with E-state index in [1.54, 1.807) is 18.3 Å². The van der Waals surface area contributed by atoms with Crippen molar-refractivity contribution in [1.82, 2.24) is 14.9 Å². The molecule has 2 aliphatic heterocycles. The monoisotopic (exact) mass is 545 g/mol. The summed E-state index contributed by atoms with van der Waals surface area (Å²) in [4.78, 5) is 26.2. The number of anilines is 3. The van der Waals surface area contributed by atoms with Gasteiger partial charge in [-0.25, -0.2) is 9.78 Å². The SMILES string of the molecule is Cc1c#ccc(C)c1OC(=O)N1CCCCOCc2cc(ccc2OCCN2CCOCC2)Nc2nccc1n2. The van der Waals surface area contributed by atoms with Gasteiger partial charge in [0.05, 0.1) is 19.8 Å². The van der Waals surface area contributed by atoms with Crippen molar-refractivity contribution in [2.24, 2.45) is 0 Å². The van der Waals surface area contributed by atoms with Gasteiger partial charge in [-0.2, -0.15) is 4.98 Å². The number of carbonyl (C=O) groups excluding carboxylic acids is 1. The molecular formula is C30H35N5O5. The first-order valence-corrected chi connectivity index (χ1v) is 13.7. The molecule has 0 radical (unpaired) electrons. The molecule has 0 aliphatic carbocycles. The highest BCUT2D eigenvalue weighted by Gasteiger charge is 2.22. The fraction of sp³-hybridized carbons (Fsp3) is 0.433. The van der Waals surface area contributed by atoms with Crippen molar-refractivity contribution in [3.63, 3.8) is 0 Å². The second-order valence-electron chi connectivity index (χ2n) is 9.82. The van der Waals surface area contributed by atoms with Crippen LogP contribution >= 0.6 is 0 Å². The van der Waals surface area contributed by atoms with Gasteiger partial charge >= 0.3 is 6.09 Å². The van der Waals surface area contributed by atoms with Crippen molar-refractivity contribution in [2.75, 3.05) is 62.8 Å². The Morgan fingerprint density at radius 3 is 2.83 bits per heavy atom. The lowest BCUT2D eigenvalue weighted by atomic mass is 10.2. The summed E-state index contributed by atoms with van der Waals surface area (Å²) >= 11 is 0. The Morgan fingerprint density at radius 1 is 1.10 bits per heavy atom. The minimum atomic E-state index is -0.510. The first-order chi connectivity index (χ1) is 19.6. The molecule has 210 valence electrons.